The van der Waals surface area contributed by atoms with E-state index in [2.05, 4.69) is 69.3 Å². The van der Waals surface area contributed by atoms with Crippen LogP contribution >= 0.6 is 0 Å². The van der Waals surface area contributed by atoms with Gasteiger partial charge in [0.05, 0.1) is 0 Å². The summed E-state index contributed by atoms with van der Waals surface area (Å²) in [6, 6.07) is 15.6. The summed E-state index contributed by atoms with van der Waals surface area (Å²) in [7, 11) is 2.22. The molecule has 1 fully saturated rings. The van der Waals surface area contributed by atoms with Crippen LogP contribution in [0.5, 0.6) is 0 Å². The number of hydrogen-bond donors (Lipinski definition) is 1. The van der Waals surface area contributed by atoms with Gasteiger partial charge in [-0.3, -0.25) is 4.90 Å². The Morgan fingerprint density at radius 3 is 2.88 bits per heavy atom. The van der Waals surface area contributed by atoms with Gasteiger partial charge in [-0.15, -0.1) is 0 Å². The minimum atomic E-state index is 0. The van der Waals surface area contributed by atoms with E-state index in [0.717, 1.165) is 18.7 Å². The lowest BCUT2D eigenvalue weighted by Gasteiger charge is -2.39. The van der Waals surface area contributed by atoms with Crippen molar-refractivity contribution in [2.45, 2.75) is 32.9 Å². The number of nitrogens with one attached hydrogen (secondary N) is 1. The lowest BCUT2D eigenvalue weighted by Crippen LogP contribution is -2.46. The SMILES string of the molecule is C.CN(c1ccnc2[nH]ccc12)C1CCCN(Cc2ccccc2)C1. The molecule has 0 bridgehead atoms. The van der Waals surface area contributed by atoms with Gasteiger partial charge >= 0.3 is 0 Å². The summed E-state index contributed by atoms with van der Waals surface area (Å²) in [6.45, 7) is 3.34. The van der Waals surface area contributed by atoms with Crippen molar-refractivity contribution in [1.82, 2.24) is 14.9 Å². The molecule has 1 aromatic carbocycles. The molecule has 2 aromatic heterocycles. The van der Waals surface area contributed by atoms with E-state index in [9.17, 15) is 0 Å². The Morgan fingerprint density at radius 1 is 1.20 bits per heavy atom. The van der Waals surface area contributed by atoms with Gasteiger partial charge in [-0.2, -0.15) is 0 Å². The second kappa shape index (κ2) is 7.70. The lowest BCUT2D eigenvalue weighted by atomic mass is 10.0. The zero-order valence-corrected chi connectivity index (χ0v) is 14.2. The standard InChI is InChI=1S/C20H24N4.CH4/c1-23(19-10-12-22-20-18(19)9-11-21-20)17-8-5-13-24(15-17)14-16-6-3-2-4-7-16;/h2-4,6-7,9-12,17H,5,8,13-15H2,1H3,(H,21,22);1H4. The summed E-state index contributed by atoms with van der Waals surface area (Å²) in [5.74, 6) is 0. The maximum absolute atomic E-state index is 4.41. The largest absolute Gasteiger partial charge is 0.370 e. The van der Waals surface area contributed by atoms with Gasteiger partial charge in [0, 0.05) is 49.6 Å². The average Bonchev–Trinajstić information content (AvgIpc) is 3.11. The summed E-state index contributed by atoms with van der Waals surface area (Å²) >= 11 is 0. The second-order valence-corrected chi connectivity index (χ2v) is 6.70. The van der Waals surface area contributed by atoms with Gasteiger partial charge < -0.3 is 9.88 Å². The molecule has 1 aliphatic heterocycles. The van der Waals surface area contributed by atoms with Crippen LogP contribution in [0.25, 0.3) is 11.0 Å². The van der Waals surface area contributed by atoms with E-state index in [-0.39, 0.29) is 7.43 Å². The number of nitrogens with zero attached hydrogens (tertiary/aromatic N) is 3. The molecule has 132 valence electrons. The van der Waals surface area contributed by atoms with Gasteiger partial charge in [0.15, 0.2) is 0 Å². The predicted molar refractivity (Wildman–Crippen MR) is 106 cm³/mol. The van der Waals surface area contributed by atoms with Crippen LogP contribution < -0.4 is 4.90 Å². The number of piperidine rings is 1. The van der Waals surface area contributed by atoms with Gasteiger partial charge in [0.1, 0.15) is 5.65 Å². The summed E-state index contributed by atoms with van der Waals surface area (Å²) < 4.78 is 0. The Hall–Kier alpha value is -2.33. The van der Waals surface area contributed by atoms with E-state index in [1.165, 1.54) is 36.0 Å². The fraction of sp³-hybridized carbons (Fsp3) is 0.381. The maximum atomic E-state index is 4.41. The highest BCUT2D eigenvalue weighted by atomic mass is 15.2. The molecule has 1 aliphatic rings. The third-order valence-electron chi connectivity index (χ3n) is 5.09. The van der Waals surface area contributed by atoms with E-state index in [0.29, 0.717) is 6.04 Å². The van der Waals surface area contributed by atoms with Crippen LogP contribution in [0, 0.1) is 0 Å². The van der Waals surface area contributed by atoms with Gasteiger partial charge in [0.25, 0.3) is 0 Å². The Kier molecular flexibility index (Phi) is 5.39. The highest BCUT2D eigenvalue weighted by Gasteiger charge is 2.24. The van der Waals surface area contributed by atoms with Crippen LogP contribution in [0.2, 0.25) is 0 Å². The second-order valence-electron chi connectivity index (χ2n) is 6.70. The lowest BCUT2D eigenvalue weighted by molar-refractivity contribution is 0.199. The molecule has 4 heteroatoms. The first-order valence-electron chi connectivity index (χ1n) is 8.72. The molecule has 0 amide bonds. The molecule has 25 heavy (non-hydrogen) atoms. The fourth-order valence-corrected chi connectivity index (χ4v) is 3.78. The number of rotatable bonds is 4. The Balaban J connectivity index is 0.00000182. The van der Waals surface area contributed by atoms with Crippen LogP contribution in [0.1, 0.15) is 25.8 Å². The quantitative estimate of drug-likeness (QED) is 0.771. The maximum Gasteiger partial charge on any atom is 0.139 e. The molecule has 0 aliphatic carbocycles. The molecule has 1 saturated heterocycles. The first-order chi connectivity index (χ1) is 11.8. The highest BCUT2D eigenvalue weighted by Crippen LogP contribution is 2.28. The minimum Gasteiger partial charge on any atom is -0.370 e. The molecule has 3 heterocycles. The van der Waals surface area contributed by atoms with Crippen LogP contribution in [0.15, 0.2) is 54.9 Å². The van der Waals surface area contributed by atoms with Crippen molar-refractivity contribution in [3.05, 3.63) is 60.4 Å². The van der Waals surface area contributed by atoms with E-state index < -0.39 is 0 Å². The summed E-state index contributed by atoms with van der Waals surface area (Å²) in [5, 5.41) is 1.21. The number of anilines is 1. The molecule has 0 saturated carbocycles. The summed E-state index contributed by atoms with van der Waals surface area (Å²) in [5.41, 5.74) is 3.64. The third-order valence-corrected chi connectivity index (χ3v) is 5.09. The number of likely N-dealkylation sites (tertiary alicyclic amines) is 1. The zero-order valence-electron chi connectivity index (χ0n) is 14.2. The number of fused-ring (bicyclic) bond motifs is 1. The topological polar surface area (TPSA) is 35.2 Å². The van der Waals surface area contributed by atoms with Crippen LogP contribution in [-0.2, 0) is 6.54 Å². The number of benzene rings is 1. The van der Waals surface area contributed by atoms with Gasteiger partial charge in [-0.05, 0) is 37.1 Å². The summed E-state index contributed by atoms with van der Waals surface area (Å²) in [4.78, 5) is 12.6. The van der Waals surface area contributed by atoms with Crippen LogP contribution in [0.4, 0.5) is 5.69 Å². The number of pyridine rings is 1. The first kappa shape index (κ1) is 17.5. The van der Waals surface area contributed by atoms with Crippen molar-refractivity contribution in [2.24, 2.45) is 0 Å². The van der Waals surface area contributed by atoms with Crippen molar-refractivity contribution < 1.29 is 0 Å². The number of aromatic nitrogens is 2. The fourth-order valence-electron chi connectivity index (χ4n) is 3.78. The molecule has 0 radical (unpaired) electrons. The van der Waals surface area contributed by atoms with Gasteiger partial charge in [-0.25, -0.2) is 4.98 Å². The van der Waals surface area contributed by atoms with E-state index in [4.69, 9.17) is 0 Å². The van der Waals surface area contributed by atoms with Gasteiger partial charge in [-0.1, -0.05) is 37.8 Å². The Labute approximate surface area is 150 Å². The molecule has 0 spiro atoms. The van der Waals surface area contributed by atoms with Crippen molar-refractivity contribution in [3.63, 3.8) is 0 Å². The predicted octanol–water partition coefficient (Wildman–Crippen LogP) is 4.30. The normalized spacial score (nSPS) is 18.0. The smallest absolute Gasteiger partial charge is 0.139 e. The first-order valence-corrected chi connectivity index (χ1v) is 8.72. The molecular formula is C21H28N4. The molecular weight excluding hydrogens is 308 g/mol. The van der Waals surface area contributed by atoms with Crippen molar-refractivity contribution in [1.29, 1.82) is 0 Å². The molecule has 1 unspecified atom stereocenters. The van der Waals surface area contributed by atoms with Gasteiger partial charge in [0.2, 0.25) is 0 Å². The van der Waals surface area contributed by atoms with Crippen molar-refractivity contribution >= 4 is 16.7 Å². The number of likely N-dealkylation sites (N-methyl/N-ethyl adjacent to an activating group) is 1. The molecule has 4 nitrogen and oxygen atoms in total. The minimum absolute atomic E-state index is 0. The Bertz CT molecular complexity index is 796. The average molecular weight is 336 g/mol. The highest BCUT2D eigenvalue weighted by molar-refractivity contribution is 5.89. The van der Waals surface area contributed by atoms with Crippen LogP contribution in [0.3, 0.4) is 0 Å². The van der Waals surface area contributed by atoms with E-state index in [1.807, 2.05) is 12.4 Å². The van der Waals surface area contributed by atoms with E-state index >= 15 is 0 Å². The zero-order chi connectivity index (χ0) is 16.4. The van der Waals surface area contributed by atoms with Crippen molar-refractivity contribution in [2.75, 3.05) is 25.0 Å². The number of aromatic amines is 1. The Morgan fingerprint density at radius 2 is 2.04 bits per heavy atom. The van der Waals surface area contributed by atoms with Crippen molar-refractivity contribution in [3.8, 4) is 0 Å². The molecule has 1 N–H and O–H groups in total. The molecule has 3 aromatic rings. The number of H-pyrrole nitrogens is 1. The molecule has 1 atom stereocenters. The monoisotopic (exact) mass is 336 g/mol. The third kappa shape index (κ3) is 3.69. The molecule has 4 rings (SSSR count). The van der Waals surface area contributed by atoms with E-state index in [1.54, 1.807) is 0 Å². The van der Waals surface area contributed by atoms with Crippen LogP contribution in [-0.4, -0.2) is 41.0 Å². The number of hydrogen-bond acceptors (Lipinski definition) is 3. The summed E-state index contributed by atoms with van der Waals surface area (Å²) in [6.07, 6.45) is 6.37.